The van der Waals surface area contributed by atoms with Crippen molar-refractivity contribution in [2.75, 3.05) is 13.6 Å². The van der Waals surface area contributed by atoms with Crippen LogP contribution in [0, 0.1) is 0 Å². The third-order valence-electron chi connectivity index (χ3n) is 4.31. The smallest absolute Gasteiger partial charge is 0.178 e. The Morgan fingerprint density at radius 2 is 2.29 bits per heavy atom. The van der Waals surface area contributed by atoms with Gasteiger partial charge in [0.15, 0.2) is 17.2 Å². The van der Waals surface area contributed by atoms with E-state index in [1.807, 2.05) is 30.5 Å². The first kappa shape index (κ1) is 12.6. The first-order valence-corrected chi connectivity index (χ1v) is 7.38. The van der Waals surface area contributed by atoms with Crippen molar-refractivity contribution in [1.29, 1.82) is 0 Å². The van der Waals surface area contributed by atoms with E-state index in [9.17, 15) is 0 Å². The monoisotopic (exact) mass is 282 g/mol. The second-order valence-corrected chi connectivity index (χ2v) is 5.65. The highest BCUT2D eigenvalue weighted by molar-refractivity contribution is 5.75. The molecular weight excluding hydrogens is 264 g/mol. The molecule has 1 unspecified atom stereocenters. The van der Waals surface area contributed by atoms with Gasteiger partial charge in [0.05, 0.1) is 6.26 Å². The van der Waals surface area contributed by atoms with E-state index in [2.05, 4.69) is 21.5 Å². The first-order valence-electron chi connectivity index (χ1n) is 7.38. The number of aromatic nitrogens is 3. The van der Waals surface area contributed by atoms with Gasteiger partial charge in [0.2, 0.25) is 0 Å². The normalized spacial score (nSPS) is 19.6. The molecule has 0 amide bonds. The lowest BCUT2D eigenvalue weighted by atomic mass is 10.2. The molecule has 5 heteroatoms. The van der Waals surface area contributed by atoms with Crippen molar-refractivity contribution >= 4 is 11.2 Å². The molecule has 0 saturated carbocycles. The molecule has 0 aliphatic carbocycles. The van der Waals surface area contributed by atoms with E-state index < -0.39 is 0 Å². The zero-order valence-corrected chi connectivity index (χ0v) is 12.1. The predicted molar refractivity (Wildman–Crippen MR) is 80.9 cm³/mol. The molecule has 1 saturated heterocycles. The summed E-state index contributed by atoms with van der Waals surface area (Å²) < 4.78 is 7.75. The van der Waals surface area contributed by atoms with Crippen molar-refractivity contribution < 1.29 is 4.42 Å². The summed E-state index contributed by atoms with van der Waals surface area (Å²) in [7, 11) is 2.19. The Morgan fingerprint density at radius 3 is 3.05 bits per heavy atom. The molecule has 0 N–H and O–H groups in total. The Bertz CT molecular complexity index is 747. The lowest BCUT2D eigenvalue weighted by Crippen LogP contribution is -2.29. The zero-order valence-electron chi connectivity index (χ0n) is 12.1. The van der Waals surface area contributed by atoms with Crippen molar-refractivity contribution in [2.45, 2.75) is 25.4 Å². The van der Waals surface area contributed by atoms with Crippen LogP contribution in [0.25, 0.3) is 22.7 Å². The van der Waals surface area contributed by atoms with Gasteiger partial charge in [0.1, 0.15) is 5.52 Å². The highest BCUT2D eigenvalue weighted by atomic mass is 16.3. The van der Waals surface area contributed by atoms with Crippen LogP contribution in [0.5, 0.6) is 0 Å². The average molecular weight is 282 g/mol. The molecule has 0 radical (unpaired) electrons. The number of nitrogens with zero attached hydrogens (tertiary/aromatic N) is 4. The third kappa shape index (κ3) is 2.14. The molecule has 3 aromatic heterocycles. The Labute approximate surface area is 123 Å². The minimum Gasteiger partial charge on any atom is -0.461 e. The van der Waals surface area contributed by atoms with Crippen molar-refractivity contribution in [1.82, 2.24) is 19.4 Å². The topological polar surface area (TPSA) is 47.1 Å². The molecule has 4 rings (SSSR count). The first-order chi connectivity index (χ1) is 10.3. The van der Waals surface area contributed by atoms with Crippen molar-refractivity contribution in [3.05, 3.63) is 36.7 Å². The van der Waals surface area contributed by atoms with Gasteiger partial charge in [-0.1, -0.05) is 0 Å². The van der Waals surface area contributed by atoms with Gasteiger partial charge >= 0.3 is 0 Å². The summed E-state index contributed by atoms with van der Waals surface area (Å²) in [5.74, 6) is 1.67. The van der Waals surface area contributed by atoms with Gasteiger partial charge in [-0.3, -0.25) is 0 Å². The van der Waals surface area contributed by atoms with E-state index in [-0.39, 0.29) is 0 Å². The van der Waals surface area contributed by atoms with Crippen LogP contribution in [0.2, 0.25) is 0 Å². The van der Waals surface area contributed by atoms with Crippen molar-refractivity contribution in [3.8, 4) is 11.6 Å². The lowest BCUT2D eigenvalue weighted by molar-refractivity contribution is 0.284. The summed E-state index contributed by atoms with van der Waals surface area (Å²) in [4.78, 5) is 11.6. The molecule has 21 heavy (non-hydrogen) atoms. The van der Waals surface area contributed by atoms with Crippen LogP contribution in [0.1, 0.15) is 12.8 Å². The second-order valence-electron chi connectivity index (χ2n) is 5.65. The molecule has 108 valence electrons. The fourth-order valence-corrected chi connectivity index (χ4v) is 3.15. The summed E-state index contributed by atoms with van der Waals surface area (Å²) in [6.07, 6.45) is 6.00. The summed E-state index contributed by atoms with van der Waals surface area (Å²) in [5, 5.41) is 0. The van der Waals surface area contributed by atoms with Gasteiger partial charge in [0, 0.05) is 18.8 Å². The van der Waals surface area contributed by atoms with Crippen molar-refractivity contribution in [3.63, 3.8) is 0 Å². The number of furan rings is 1. The molecule has 4 heterocycles. The molecule has 0 bridgehead atoms. The average Bonchev–Trinajstić information content (AvgIpc) is 3.21. The highest BCUT2D eigenvalue weighted by Gasteiger charge is 2.24. The number of imidazole rings is 1. The van der Waals surface area contributed by atoms with E-state index in [4.69, 9.17) is 9.40 Å². The number of pyridine rings is 1. The number of hydrogen-bond donors (Lipinski definition) is 0. The van der Waals surface area contributed by atoms with E-state index in [1.54, 1.807) is 6.26 Å². The van der Waals surface area contributed by atoms with Crippen LogP contribution in [0.15, 0.2) is 41.1 Å². The van der Waals surface area contributed by atoms with Gasteiger partial charge in [-0.25, -0.2) is 9.97 Å². The second kappa shape index (κ2) is 5.00. The van der Waals surface area contributed by atoms with Crippen LogP contribution in [0.3, 0.4) is 0 Å². The fraction of sp³-hybridized carbons (Fsp3) is 0.375. The minimum absolute atomic E-state index is 0.540. The van der Waals surface area contributed by atoms with Gasteiger partial charge in [-0.05, 0) is 50.7 Å². The van der Waals surface area contributed by atoms with Crippen LogP contribution >= 0.6 is 0 Å². The quantitative estimate of drug-likeness (QED) is 0.741. The van der Waals surface area contributed by atoms with E-state index in [1.165, 1.54) is 19.4 Å². The zero-order chi connectivity index (χ0) is 14.2. The molecule has 1 aliphatic rings. The van der Waals surface area contributed by atoms with Crippen LogP contribution in [-0.4, -0.2) is 39.1 Å². The Kier molecular flexibility index (Phi) is 3.00. The molecule has 3 aromatic rings. The van der Waals surface area contributed by atoms with Crippen LogP contribution in [0.4, 0.5) is 0 Å². The minimum atomic E-state index is 0.540. The Morgan fingerprint density at radius 1 is 1.33 bits per heavy atom. The maximum Gasteiger partial charge on any atom is 0.178 e. The van der Waals surface area contributed by atoms with Crippen LogP contribution in [-0.2, 0) is 6.54 Å². The Balaban J connectivity index is 1.82. The van der Waals surface area contributed by atoms with Gasteiger partial charge in [-0.2, -0.15) is 0 Å². The van der Waals surface area contributed by atoms with E-state index >= 15 is 0 Å². The third-order valence-corrected chi connectivity index (χ3v) is 4.31. The SMILES string of the molecule is CN1CCCC1Cn1c(-c2ccco2)nc2cccnc21. The molecule has 5 nitrogen and oxygen atoms in total. The predicted octanol–water partition coefficient (Wildman–Crippen LogP) is 2.79. The molecule has 1 fully saturated rings. The standard InChI is InChI=1S/C16H18N4O/c1-19-9-3-5-12(19)11-20-15-13(6-2-8-17-15)18-16(20)14-7-4-10-21-14/h2,4,6-8,10,12H,3,5,9,11H2,1H3. The van der Waals surface area contributed by atoms with E-state index in [0.29, 0.717) is 6.04 Å². The molecule has 1 aliphatic heterocycles. The van der Waals surface area contributed by atoms with E-state index in [0.717, 1.165) is 29.3 Å². The Hall–Kier alpha value is -2.14. The van der Waals surface area contributed by atoms with Gasteiger partial charge < -0.3 is 13.9 Å². The van der Waals surface area contributed by atoms with Crippen LogP contribution < -0.4 is 0 Å². The lowest BCUT2D eigenvalue weighted by Gasteiger charge is -2.20. The molecule has 1 atom stereocenters. The largest absolute Gasteiger partial charge is 0.461 e. The number of likely N-dealkylation sites (tertiary alicyclic amines) is 1. The summed E-state index contributed by atoms with van der Waals surface area (Å²) in [6, 6.07) is 8.32. The van der Waals surface area contributed by atoms with Crippen molar-refractivity contribution in [2.24, 2.45) is 0 Å². The fourth-order valence-electron chi connectivity index (χ4n) is 3.15. The molecule has 0 spiro atoms. The van der Waals surface area contributed by atoms with Gasteiger partial charge in [-0.15, -0.1) is 0 Å². The molecular formula is C16H18N4O. The maximum atomic E-state index is 5.56. The number of hydrogen-bond acceptors (Lipinski definition) is 4. The summed E-state index contributed by atoms with van der Waals surface area (Å²) in [6.45, 7) is 2.07. The number of fused-ring (bicyclic) bond motifs is 1. The highest BCUT2D eigenvalue weighted by Crippen LogP contribution is 2.26. The summed E-state index contributed by atoms with van der Waals surface area (Å²) in [5.41, 5.74) is 1.86. The van der Waals surface area contributed by atoms with Gasteiger partial charge in [0.25, 0.3) is 0 Å². The number of likely N-dealkylation sites (N-methyl/N-ethyl adjacent to an activating group) is 1. The molecule has 0 aromatic carbocycles. The summed E-state index contributed by atoms with van der Waals surface area (Å²) >= 11 is 0. The number of rotatable bonds is 3. The maximum absolute atomic E-state index is 5.56.